The number of likely N-dealkylation sites (tertiary alicyclic amines) is 1. The van der Waals surface area contributed by atoms with Gasteiger partial charge in [0, 0.05) is 19.0 Å². The second-order valence-electron chi connectivity index (χ2n) is 4.97. The van der Waals surface area contributed by atoms with Gasteiger partial charge in [0.15, 0.2) is 0 Å². The molecule has 0 bridgehead atoms. The number of phenols is 1. The van der Waals surface area contributed by atoms with Crippen LogP contribution in [0.4, 0.5) is 0 Å². The van der Waals surface area contributed by atoms with Crippen molar-refractivity contribution >= 4 is 5.91 Å². The molecule has 1 aromatic carbocycles. The van der Waals surface area contributed by atoms with Gasteiger partial charge in [-0.15, -0.1) is 0 Å². The van der Waals surface area contributed by atoms with E-state index in [4.69, 9.17) is 0 Å². The quantitative estimate of drug-likeness (QED) is 0.845. The van der Waals surface area contributed by atoms with E-state index in [-0.39, 0.29) is 23.7 Å². The van der Waals surface area contributed by atoms with Crippen molar-refractivity contribution in [2.24, 2.45) is 5.92 Å². The molecule has 1 heterocycles. The van der Waals surface area contributed by atoms with Crippen LogP contribution in [-0.2, 0) is 11.2 Å². The Morgan fingerprint density at radius 3 is 2.67 bits per heavy atom. The number of rotatable bonds is 3. The van der Waals surface area contributed by atoms with Crippen LogP contribution in [-0.4, -0.2) is 40.2 Å². The molecule has 0 radical (unpaired) electrons. The number of benzene rings is 1. The van der Waals surface area contributed by atoms with Gasteiger partial charge in [0.25, 0.3) is 0 Å². The number of nitrogens with zero attached hydrogens (tertiary/aromatic N) is 1. The summed E-state index contributed by atoms with van der Waals surface area (Å²) in [6.45, 7) is 3.15. The predicted octanol–water partition coefficient (Wildman–Crippen LogP) is 1.16. The zero-order chi connectivity index (χ0) is 13.1. The summed E-state index contributed by atoms with van der Waals surface area (Å²) in [6.07, 6.45) is 0.877. The molecule has 18 heavy (non-hydrogen) atoms. The first-order valence-corrected chi connectivity index (χ1v) is 6.30. The highest BCUT2D eigenvalue weighted by Gasteiger charge is 2.28. The van der Waals surface area contributed by atoms with Crippen molar-refractivity contribution < 1.29 is 15.0 Å². The van der Waals surface area contributed by atoms with Crippen LogP contribution < -0.4 is 0 Å². The normalized spacial score (nSPS) is 21.0. The van der Waals surface area contributed by atoms with E-state index in [0.29, 0.717) is 13.0 Å². The molecule has 0 aromatic heterocycles. The van der Waals surface area contributed by atoms with E-state index >= 15 is 0 Å². The van der Waals surface area contributed by atoms with E-state index in [1.165, 1.54) is 0 Å². The van der Waals surface area contributed by atoms with Gasteiger partial charge in [-0.3, -0.25) is 4.79 Å². The Labute approximate surface area is 107 Å². The molecular weight excluding hydrogens is 230 g/mol. The number of hydrogen-bond donors (Lipinski definition) is 2. The first kappa shape index (κ1) is 12.9. The molecule has 1 saturated heterocycles. The van der Waals surface area contributed by atoms with Crippen LogP contribution in [0.5, 0.6) is 5.75 Å². The largest absolute Gasteiger partial charge is 0.508 e. The molecular formula is C14H19NO3. The van der Waals surface area contributed by atoms with Gasteiger partial charge in [0.05, 0.1) is 12.5 Å². The lowest BCUT2D eigenvalue weighted by Gasteiger charge is -2.17. The highest BCUT2D eigenvalue weighted by atomic mass is 16.3. The Kier molecular flexibility index (Phi) is 3.87. The molecule has 2 rings (SSSR count). The smallest absolute Gasteiger partial charge is 0.227 e. The number of carbonyl (C=O) groups excluding carboxylic acids is 1. The molecule has 4 heteroatoms. The number of aromatic hydroxyl groups is 1. The van der Waals surface area contributed by atoms with Crippen molar-refractivity contribution in [1.82, 2.24) is 4.90 Å². The van der Waals surface area contributed by atoms with Crippen LogP contribution in [0.25, 0.3) is 0 Å². The third-order valence-corrected chi connectivity index (χ3v) is 3.55. The Bertz CT molecular complexity index is 414. The molecule has 1 aliphatic rings. The second kappa shape index (κ2) is 5.40. The van der Waals surface area contributed by atoms with E-state index < -0.39 is 0 Å². The molecule has 2 N–H and O–H groups in total. The maximum absolute atomic E-state index is 12.0. The zero-order valence-electron chi connectivity index (χ0n) is 10.5. The minimum atomic E-state index is -0.350. The fraction of sp³-hybridized carbons (Fsp3) is 0.500. The van der Waals surface area contributed by atoms with Gasteiger partial charge in [-0.05, 0) is 31.0 Å². The molecule has 1 aromatic rings. The van der Waals surface area contributed by atoms with Gasteiger partial charge >= 0.3 is 0 Å². The Balaban J connectivity index is 1.91. The molecule has 0 spiro atoms. The summed E-state index contributed by atoms with van der Waals surface area (Å²) in [4.78, 5) is 13.9. The summed E-state index contributed by atoms with van der Waals surface area (Å²) in [6, 6.07) is 6.70. The molecule has 1 fully saturated rings. The van der Waals surface area contributed by atoms with Crippen LogP contribution >= 0.6 is 0 Å². The van der Waals surface area contributed by atoms with Gasteiger partial charge in [0.1, 0.15) is 5.75 Å². The second-order valence-corrected chi connectivity index (χ2v) is 4.97. The van der Waals surface area contributed by atoms with Gasteiger partial charge in [-0.1, -0.05) is 12.1 Å². The number of phenolic OH excluding ortho intramolecular Hbond substituents is 1. The van der Waals surface area contributed by atoms with Gasteiger partial charge in [-0.2, -0.15) is 0 Å². The highest BCUT2D eigenvalue weighted by molar-refractivity contribution is 5.79. The average Bonchev–Trinajstić information content (AvgIpc) is 2.81. The summed E-state index contributed by atoms with van der Waals surface area (Å²) in [5.41, 5.74) is 0.901. The summed E-state index contributed by atoms with van der Waals surface area (Å²) in [5.74, 6) is 0.499. The molecule has 2 unspecified atom stereocenters. The first-order chi connectivity index (χ1) is 8.56. The molecule has 1 amide bonds. The van der Waals surface area contributed by atoms with Crippen molar-refractivity contribution in [3.05, 3.63) is 29.8 Å². The molecule has 1 aliphatic heterocycles. The minimum absolute atomic E-state index is 0.0869. The predicted molar refractivity (Wildman–Crippen MR) is 68.2 cm³/mol. The van der Waals surface area contributed by atoms with E-state index in [1.54, 1.807) is 31.2 Å². The van der Waals surface area contributed by atoms with Crippen LogP contribution in [0, 0.1) is 5.92 Å². The molecule has 0 saturated carbocycles. The maximum Gasteiger partial charge on any atom is 0.227 e. The van der Waals surface area contributed by atoms with Gasteiger partial charge in [0.2, 0.25) is 5.91 Å². The van der Waals surface area contributed by atoms with Crippen molar-refractivity contribution in [2.75, 3.05) is 13.1 Å². The van der Waals surface area contributed by atoms with Crippen molar-refractivity contribution in [3.8, 4) is 5.75 Å². The third kappa shape index (κ3) is 3.01. The lowest BCUT2D eigenvalue weighted by molar-refractivity contribution is -0.129. The monoisotopic (exact) mass is 249 g/mol. The fourth-order valence-electron chi connectivity index (χ4n) is 2.31. The standard InChI is InChI=1S/C14H19NO3/c1-10(16)12-6-7-15(9-12)14(18)8-11-2-4-13(17)5-3-11/h2-5,10,12,16-17H,6-9H2,1H3. The number of amides is 1. The summed E-state index contributed by atoms with van der Waals surface area (Å²) in [7, 11) is 0. The maximum atomic E-state index is 12.0. The SMILES string of the molecule is CC(O)C1CCN(C(=O)Cc2ccc(O)cc2)C1. The molecule has 98 valence electrons. The highest BCUT2D eigenvalue weighted by Crippen LogP contribution is 2.20. The van der Waals surface area contributed by atoms with Gasteiger partial charge in [-0.25, -0.2) is 0 Å². The van der Waals surface area contributed by atoms with E-state index in [2.05, 4.69) is 0 Å². The third-order valence-electron chi connectivity index (χ3n) is 3.55. The van der Waals surface area contributed by atoms with Crippen molar-refractivity contribution in [1.29, 1.82) is 0 Å². The Morgan fingerprint density at radius 2 is 2.11 bits per heavy atom. The van der Waals surface area contributed by atoms with E-state index in [1.807, 2.05) is 4.90 Å². The first-order valence-electron chi connectivity index (χ1n) is 6.30. The van der Waals surface area contributed by atoms with Crippen LogP contribution in [0.1, 0.15) is 18.9 Å². The number of aliphatic hydroxyl groups is 1. The van der Waals surface area contributed by atoms with Crippen LogP contribution in [0.15, 0.2) is 24.3 Å². The van der Waals surface area contributed by atoms with Crippen molar-refractivity contribution in [2.45, 2.75) is 25.9 Å². The van der Waals surface area contributed by atoms with Gasteiger partial charge < -0.3 is 15.1 Å². The lowest BCUT2D eigenvalue weighted by Crippen LogP contribution is -2.31. The molecule has 4 nitrogen and oxygen atoms in total. The fourth-order valence-corrected chi connectivity index (χ4v) is 2.31. The van der Waals surface area contributed by atoms with E-state index in [9.17, 15) is 15.0 Å². The molecule has 0 aliphatic carbocycles. The minimum Gasteiger partial charge on any atom is -0.508 e. The van der Waals surface area contributed by atoms with Crippen LogP contribution in [0.2, 0.25) is 0 Å². The van der Waals surface area contributed by atoms with Crippen LogP contribution in [0.3, 0.4) is 0 Å². The number of carbonyl (C=O) groups is 1. The molecule has 2 atom stereocenters. The Hall–Kier alpha value is -1.55. The topological polar surface area (TPSA) is 60.8 Å². The summed E-state index contributed by atoms with van der Waals surface area (Å²) < 4.78 is 0. The number of hydrogen-bond acceptors (Lipinski definition) is 3. The van der Waals surface area contributed by atoms with Crippen molar-refractivity contribution in [3.63, 3.8) is 0 Å². The zero-order valence-corrected chi connectivity index (χ0v) is 10.5. The summed E-state index contributed by atoms with van der Waals surface area (Å²) >= 11 is 0. The van der Waals surface area contributed by atoms with E-state index in [0.717, 1.165) is 18.5 Å². The Morgan fingerprint density at radius 1 is 1.44 bits per heavy atom. The lowest BCUT2D eigenvalue weighted by atomic mass is 10.0. The summed E-state index contributed by atoms with van der Waals surface area (Å²) in [5, 5.41) is 18.7. The number of aliphatic hydroxyl groups excluding tert-OH is 1. The average molecular weight is 249 g/mol.